The summed E-state index contributed by atoms with van der Waals surface area (Å²) in [4.78, 5) is 0. The van der Waals surface area contributed by atoms with Crippen molar-refractivity contribution >= 4 is 27.5 Å². The van der Waals surface area contributed by atoms with Crippen LogP contribution in [0.1, 0.15) is 22.7 Å². The lowest BCUT2D eigenvalue weighted by atomic mass is 9.97. The molecule has 5 heteroatoms. The Morgan fingerprint density at radius 3 is 2.62 bits per heavy atom. The van der Waals surface area contributed by atoms with E-state index in [4.69, 9.17) is 11.6 Å². The molecule has 21 heavy (non-hydrogen) atoms. The van der Waals surface area contributed by atoms with Gasteiger partial charge in [0, 0.05) is 16.6 Å². The Morgan fingerprint density at radius 1 is 1.24 bits per heavy atom. The summed E-state index contributed by atoms with van der Waals surface area (Å²) in [5.41, 5.74) is 1.81. The van der Waals surface area contributed by atoms with Crippen LogP contribution in [-0.4, -0.2) is 7.05 Å². The van der Waals surface area contributed by atoms with Gasteiger partial charge in [-0.1, -0.05) is 29.8 Å². The topological polar surface area (TPSA) is 12.0 Å². The molecule has 0 radical (unpaired) electrons. The lowest BCUT2D eigenvalue weighted by molar-refractivity contribution is 0.512. The molecule has 2 aromatic rings. The summed E-state index contributed by atoms with van der Waals surface area (Å²) in [6, 6.07) is 8.00. The van der Waals surface area contributed by atoms with E-state index in [1.807, 2.05) is 25.1 Å². The van der Waals surface area contributed by atoms with Crippen molar-refractivity contribution in [3.05, 3.63) is 68.2 Å². The number of likely N-dealkylation sites (N-methyl/N-ethyl adjacent to an activating group) is 1. The second-order valence-electron chi connectivity index (χ2n) is 4.85. The van der Waals surface area contributed by atoms with Crippen molar-refractivity contribution in [3.8, 4) is 0 Å². The molecule has 0 amide bonds. The van der Waals surface area contributed by atoms with Gasteiger partial charge in [-0.3, -0.25) is 0 Å². The molecule has 1 nitrogen and oxygen atoms in total. The van der Waals surface area contributed by atoms with Crippen molar-refractivity contribution in [1.82, 2.24) is 5.32 Å². The van der Waals surface area contributed by atoms with E-state index >= 15 is 0 Å². The van der Waals surface area contributed by atoms with Crippen LogP contribution in [0.15, 0.2) is 34.8 Å². The van der Waals surface area contributed by atoms with E-state index in [9.17, 15) is 8.78 Å². The average molecular weight is 375 g/mol. The van der Waals surface area contributed by atoms with Gasteiger partial charge >= 0.3 is 0 Å². The van der Waals surface area contributed by atoms with Crippen LogP contribution < -0.4 is 5.32 Å². The maximum Gasteiger partial charge on any atom is 0.143 e. The Labute approximate surface area is 136 Å². The summed E-state index contributed by atoms with van der Waals surface area (Å²) in [6.45, 7) is 1.90. The summed E-state index contributed by atoms with van der Waals surface area (Å²) in [6.07, 6.45) is 0.177. The van der Waals surface area contributed by atoms with Gasteiger partial charge in [-0.05, 0) is 59.6 Å². The molecule has 2 aromatic carbocycles. The van der Waals surface area contributed by atoms with Crippen LogP contribution in [0.25, 0.3) is 0 Å². The molecule has 0 bridgehead atoms. The fourth-order valence-electron chi connectivity index (χ4n) is 2.27. The average Bonchev–Trinajstić information content (AvgIpc) is 2.47. The van der Waals surface area contributed by atoms with Gasteiger partial charge in [0.05, 0.1) is 4.47 Å². The monoisotopic (exact) mass is 373 g/mol. The van der Waals surface area contributed by atoms with Crippen LogP contribution >= 0.6 is 27.5 Å². The van der Waals surface area contributed by atoms with Crippen molar-refractivity contribution in [2.75, 3.05) is 7.05 Å². The Balaban J connectivity index is 2.41. The Morgan fingerprint density at radius 2 is 1.95 bits per heavy atom. The highest BCUT2D eigenvalue weighted by Crippen LogP contribution is 2.31. The number of hydrogen-bond donors (Lipinski definition) is 1. The first-order valence-electron chi connectivity index (χ1n) is 6.50. The highest BCUT2D eigenvalue weighted by molar-refractivity contribution is 9.10. The van der Waals surface area contributed by atoms with Gasteiger partial charge in [0.1, 0.15) is 11.6 Å². The van der Waals surface area contributed by atoms with Crippen LogP contribution in [0.5, 0.6) is 0 Å². The number of rotatable bonds is 4. The molecular weight excluding hydrogens is 360 g/mol. The largest absolute Gasteiger partial charge is 0.313 e. The smallest absolute Gasteiger partial charge is 0.143 e. The van der Waals surface area contributed by atoms with Crippen LogP contribution in [0, 0.1) is 18.6 Å². The van der Waals surface area contributed by atoms with E-state index in [0.717, 1.165) is 11.1 Å². The summed E-state index contributed by atoms with van der Waals surface area (Å²) >= 11 is 9.39. The van der Waals surface area contributed by atoms with Gasteiger partial charge in [0.25, 0.3) is 0 Å². The highest BCUT2D eigenvalue weighted by atomic mass is 79.9. The predicted octanol–water partition coefficient (Wildman–Crippen LogP) is 5.19. The number of benzene rings is 2. The molecule has 2 rings (SSSR count). The standard InChI is InChI=1S/C16H15BrClF2N/c1-9-4-3-5-10(15(9)18)14(21-2)8-11-13(19)7-6-12(17)16(11)20/h3-7,14,21H,8H2,1-2H3. The first-order chi connectivity index (χ1) is 9.95. The van der Waals surface area contributed by atoms with Crippen molar-refractivity contribution in [2.45, 2.75) is 19.4 Å². The van der Waals surface area contributed by atoms with Crippen molar-refractivity contribution in [2.24, 2.45) is 0 Å². The molecule has 0 saturated heterocycles. The fraction of sp³-hybridized carbons (Fsp3) is 0.250. The molecular formula is C16H15BrClF2N. The van der Waals surface area contributed by atoms with Gasteiger partial charge in [0.2, 0.25) is 0 Å². The molecule has 1 N–H and O–H groups in total. The molecule has 0 aliphatic heterocycles. The van der Waals surface area contributed by atoms with Crippen molar-refractivity contribution < 1.29 is 8.78 Å². The van der Waals surface area contributed by atoms with Gasteiger partial charge in [0.15, 0.2) is 0 Å². The molecule has 1 unspecified atom stereocenters. The fourth-order valence-corrected chi connectivity index (χ4v) is 2.90. The summed E-state index contributed by atoms with van der Waals surface area (Å²) in [5, 5.41) is 3.69. The maximum absolute atomic E-state index is 14.1. The molecule has 1 atom stereocenters. The number of nitrogens with one attached hydrogen (secondary N) is 1. The molecule has 0 heterocycles. The minimum absolute atomic E-state index is 0.0429. The van der Waals surface area contributed by atoms with E-state index in [-0.39, 0.29) is 22.5 Å². The number of halogens is 4. The molecule has 0 aromatic heterocycles. The third-order valence-corrected chi connectivity index (χ3v) is 4.62. The van der Waals surface area contributed by atoms with Crippen molar-refractivity contribution in [3.63, 3.8) is 0 Å². The van der Waals surface area contributed by atoms with Crippen molar-refractivity contribution in [1.29, 1.82) is 0 Å². The molecule has 0 spiro atoms. The quantitative estimate of drug-likeness (QED) is 0.726. The third-order valence-electron chi connectivity index (χ3n) is 3.49. The molecule has 0 aliphatic carbocycles. The second kappa shape index (κ2) is 6.86. The van der Waals surface area contributed by atoms with Crippen LogP contribution in [0.3, 0.4) is 0 Å². The highest BCUT2D eigenvalue weighted by Gasteiger charge is 2.20. The third kappa shape index (κ3) is 3.44. The minimum atomic E-state index is -0.570. The lowest BCUT2D eigenvalue weighted by Gasteiger charge is -2.20. The predicted molar refractivity (Wildman–Crippen MR) is 85.8 cm³/mol. The number of aryl methyl sites for hydroxylation is 1. The minimum Gasteiger partial charge on any atom is -0.313 e. The normalized spacial score (nSPS) is 12.5. The van der Waals surface area contributed by atoms with Crippen LogP contribution in [-0.2, 0) is 6.42 Å². The van der Waals surface area contributed by atoms with E-state index in [1.165, 1.54) is 12.1 Å². The van der Waals surface area contributed by atoms with Gasteiger partial charge < -0.3 is 5.32 Å². The van der Waals surface area contributed by atoms with E-state index < -0.39 is 11.6 Å². The first-order valence-corrected chi connectivity index (χ1v) is 7.67. The summed E-state index contributed by atoms with van der Waals surface area (Å²) in [5.74, 6) is -1.13. The lowest BCUT2D eigenvalue weighted by Crippen LogP contribution is -2.20. The van der Waals surface area contributed by atoms with Crippen LogP contribution in [0.4, 0.5) is 8.78 Å². The zero-order valence-corrected chi connectivity index (χ0v) is 14.0. The molecule has 0 fully saturated rings. The first kappa shape index (κ1) is 16.4. The maximum atomic E-state index is 14.1. The Kier molecular flexibility index (Phi) is 5.36. The summed E-state index contributed by atoms with van der Waals surface area (Å²) in [7, 11) is 1.75. The second-order valence-corrected chi connectivity index (χ2v) is 6.08. The van der Waals surface area contributed by atoms with Gasteiger partial charge in [-0.25, -0.2) is 8.78 Å². The molecule has 0 aliphatic rings. The van der Waals surface area contributed by atoms with E-state index in [0.29, 0.717) is 5.02 Å². The van der Waals surface area contributed by atoms with Gasteiger partial charge in [-0.15, -0.1) is 0 Å². The Bertz CT molecular complexity index is 661. The zero-order chi connectivity index (χ0) is 15.6. The SMILES string of the molecule is CNC(Cc1c(F)ccc(Br)c1F)c1cccc(C)c1Cl. The molecule has 0 saturated carbocycles. The number of hydrogen-bond acceptors (Lipinski definition) is 1. The van der Waals surface area contributed by atoms with Gasteiger partial charge in [-0.2, -0.15) is 0 Å². The summed E-state index contributed by atoms with van der Waals surface area (Å²) < 4.78 is 28.3. The molecule has 112 valence electrons. The van der Waals surface area contributed by atoms with Crippen LogP contribution in [0.2, 0.25) is 5.02 Å². The zero-order valence-electron chi connectivity index (χ0n) is 11.7. The Hall–Kier alpha value is -0.970. The van der Waals surface area contributed by atoms with E-state index in [1.54, 1.807) is 7.05 Å². The van der Waals surface area contributed by atoms with E-state index in [2.05, 4.69) is 21.2 Å².